The Morgan fingerprint density at radius 3 is 2.78 bits per heavy atom. The molecule has 0 aliphatic rings. The van der Waals surface area contributed by atoms with Crippen LogP contribution in [0.2, 0.25) is 5.15 Å². The molecule has 1 aromatic heterocycles. The van der Waals surface area contributed by atoms with Crippen molar-refractivity contribution in [1.29, 1.82) is 0 Å². The zero-order valence-corrected chi connectivity index (χ0v) is 13.4. The van der Waals surface area contributed by atoms with Crippen molar-refractivity contribution in [2.24, 2.45) is 0 Å². The Morgan fingerprint density at radius 1 is 1.61 bits per heavy atom. The number of hydrogen-bond acceptors (Lipinski definition) is 3. The highest BCUT2D eigenvalue weighted by molar-refractivity contribution is 14.1. The minimum Gasteiger partial charge on any atom is -0.350 e. The van der Waals surface area contributed by atoms with E-state index in [-0.39, 0.29) is 28.7 Å². The van der Waals surface area contributed by atoms with E-state index >= 15 is 0 Å². The van der Waals surface area contributed by atoms with Gasteiger partial charge in [-0.15, -0.1) is 0 Å². The molecule has 1 rings (SSSR count). The molecule has 0 unspecified atom stereocenters. The average molecular weight is 384 g/mol. The first-order valence-electron chi connectivity index (χ1n) is 5.48. The maximum Gasteiger partial charge on any atom is 0.268 e. The molecule has 0 radical (unpaired) electrons. The maximum absolute atomic E-state index is 11.8. The number of rotatable bonds is 4. The summed E-state index contributed by atoms with van der Waals surface area (Å²) in [6.07, 6.45) is 2.09. The van der Waals surface area contributed by atoms with Gasteiger partial charge in [0, 0.05) is 5.54 Å². The summed E-state index contributed by atoms with van der Waals surface area (Å²) in [6, 6.07) is 0. The summed E-state index contributed by atoms with van der Waals surface area (Å²) in [5.74, 6) is -0.219. The summed E-state index contributed by atoms with van der Waals surface area (Å²) in [6.45, 7) is 5.79. The quantitative estimate of drug-likeness (QED) is 0.637. The maximum atomic E-state index is 11.8. The van der Waals surface area contributed by atoms with Crippen LogP contribution in [-0.4, -0.2) is 21.0 Å². The van der Waals surface area contributed by atoms with Crippen LogP contribution in [0.3, 0.4) is 0 Å². The van der Waals surface area contributed by atoms with E-state index in [1.54, 1.807) is 0 Å². The minimum absolute atomic E-state index is 0.0531. The van der Waals surface area contributed by atoms with Crippen molar-refractivity contribution in [2.45, 2.75) is 39.3 Å². The lowest BCUT2D eigenvalue weighted by Gasteiger charge is -2.24. The van der Waals surface area contributed by atoms with Crippen LogP contribution in [0.15, 0.2) is 11.1 Å². The standard InChI is InChI=1S/C11H15ClIN3O2/c1-4-11(2,3)15-7(17)5-16-6-14-9(12)8(13)10(16)18/h6H,4-5H2,1-3H3,(H,15,17). The topological polar surface area (TPSA) is 64.0 Å². The van der Waals surface area contributed by atoms with Crippen molar-refractivity contribution in [3.05, 3.63) is 25.4 Å². The van der Waals surface area contributed by atoms with Gasteiger partial charge in [0.05, 0.1) is 6.33 Å². The molecule has 7 heteroatoms. The van der Waals surface area contributed by atoms with Crippen molar-refractivity contribution in [3.63, 3.8) is 0 Å². The third-order valence-corrected chi connectivity index (χ3v) is 4.19. The van der Waals surface area contributed by atoms with E-state index in [9.17, 15) is 9.59 Å². The summed E-state index contributed by atoms with van der Waals surface area (Å²) in [5, 5.41) is 3.01. The van der Waals surface area contributed by atoms with Gasteiger partial charge in [-0.25, -0.2) is 4.98 Å². The first-order valence-corrected chi connectivity index (χ1v) is 6.94. The first-order chi connectivity index (χ1) is 8.26. The smallest absolute Gasteiger partial charge is 0.268 e. The predicted molar refractivity (Wildman–Crippen MR) is 78.7 cm³/mol. The van der Waals surface area contributed by atoms with E-state index in [4.69, 9.17) is 11.6 Å². The molecule has 0 fully saturated rings. The third-order valence-electron chi connectivity index (χ3n) is 2.62. The number of halogens is 2. The third kappa shape index (κ3) is 3.94. The van der Waals surface area contributed by atoms with Gasteiger partial charge in [0.15, 0.2) is 0 Å². The van der Waals surface area contributed by atoms with Crippen molar-refractivity contribution >= 4 is 40.1 Å². The summed E-state index contributed by atoms with van der Waals surface area (Å²) in [5.41, 5.74) is -0.590. The molecule has 5 nitrogen and oxygen atoms in total. The molecule has 0 saturated heterocycles. The molecule has 0 saturated carbocycles. The second kappa shape index (κ2) is 6.01. The number of nitrogens with one attached hydrogen (secondary N) is 1. The number of nitrogens with zero attached hydrogens (tertiary/aromatic N) is 2. The molecule has 100 valence electrons. The van der Waals surface area contributed by atoms with Crippen LogP contribution >= 0.6 is 34.2 Å². The van der Waals surface area contributed by atoms with Crippen molar-refractivity contribution < 1.29 is 4.79 Å². The van der Waals surface area contributed by atoms with Crippen molar-refractivity contribution in [3.8, 4) is 0 Å². The molecule has 0 aromatic carbocycles. The fourth-order valence-electron chi connectivity index (χ4n) is 1.22. The molecule has 18 heavy (non-hydrogen) atoms. The highest BCUT2D eigenvalue weighted by atomic mass is 127. The predicted octanol–water partition coefficient (Wildman–Crippen LogP) is 1.81. The first kappa shape index (κ1) is 15.4. The molecule has 1 aromatic rings. The van der Waals surface area contributed by atoms with Gasteiger partial charge in [-0.2, -0.15) is 0 Å². The van der Waals surface area contributed by atoms with E-state index in [0.29, 0.717) is 3.57 Å². The Labute approximate surface area is 124 Å². The number of carbonyl (C=O) groups is 1. The number of amides is 1. The number of carbonyl (C=O) groups excluding carboxylic acids is 1. The summed E-state index contributed by atoms with van der Waals surface area (Å²) < 4.78 is 1.56. The zero-order chi connectivity index (χ0) is 13.9. The SMILES string of the molecule is CCC(C)(C)NC(=O)Cn1cnc(Cl)c(I)c1=O. The number of aromatic nitrogens is 2. The van der Waals surface area contributed by atoms with Crippen LogP contribution in [0.4, 0.5) is 0 Å². The Hall–Kier alpha value is -0.630. The molecule has 1 amide bonds. The van der Waals surface area contributed by atoms with Crippen molar-refractivity contribution in [1.82, 2.24) is 14.9 Å². The van der Waals surface area contributed by atoms with Crippen LogP contribution < -0.4 is 10.9 Å². The lowest BCUT2D eigenvalue weighted by atomic mass is 10.0. The van der Waals surface area contributed by atoms with Crippen LogP contribution in [-0.2, 0) is 11.3 Å². The molecule has 0 aliphatic heterocycles. The van der Waals surface area contributed by atoms with Crippen LogP contribution in [0.25, 0.3) is 0 Å². The largest absolute Gasteiger partial charge is 0.350 e. The molecular weight excluding hydrogens is 368 g/mol. The van der Waals surface area contributed by atoms with E-state index in [0.717, 1.165) is 6.42 Å². The molecule has 1 N–H and O–H groups in total. The van der Waals surface area contributed by atoms with E-state index in [1.165, 1.54) is 10.9 Å². The van der Waals surface area contributed by atoms with E-state index in [2.05, 4.69) is 10.3 Å². The van der Waals surface area contributed by atoms with Gasteiger partial charge in [-0.3, -0.25) is 14.2 Å². The summed E-state index contributed by atoms with van der Waals surface area (Å²) in [4.78, 5) is 27.5. The van der Waals surface area contributed by atoms with Crippen LogP contribution in [0.5, 0.6) is 0 Å². The fourth-order valence-corrected chi connectivity index (χ4v) is 1.79. The average Bonchev–Trinajstić information content (AvgIpc) is 2.29. The molecule has 0 aliphatic carbocycles. The van der Waals surface area contributed by atoms with Gasteiger partial charge in [0.25, 0.3) is 5.56 Å². The second-order valence-electron chi connectivity index (χ2n) is 4.57. The van der Waals surface area contributed by atoms with Gasteiger partial charge in [0.1, 0.15) is 15.3 Å². The van der Waals surface area contributed by atoms with E-state index in [1.807, 2.05) is 43.4 Å². The Morgan fingerprint density at radius 2 is 2.22 bits per heavy atom. The summed E-state index contributed by atoms with van der Waals surface area (Å²) in [7, 11) is 0. The molecular formula is C11H15ClIN3O2. The van der Waals surface area contributed by atoms with Gasteiger partial charge in [0.2, 0.25) is 5.91 Å². The molecule has 0 atom stereocenters. The lowest BCUT2D eigenvalue weighted by Crippen LogP contribution is -2.45. The monoisotopic (exact) mass is 383 g/mol. The highest BCUT2D eigenvalue weighted by Crippen LogP contribution is 2.10. The fraction of sp³-hybridized carbons (Fsp3) is 0.545. The summed E-state index contributed by atoms with van der Waals surface area (Å²) >= 11 is 7.54. The molecule has 1 heterocycles. The highest BCUT2D eigenvalue weighted by Gasteiger charge is 2.18. The molecule has 0 bridgehead atoms. The lowest BCUT2D eigenvalue weighted by molar-refractivity contribution is -0.123. The van der Waals surface area contributed by atoms with Crippen LogP contribution in [0.1, 0.15) is 27.2 Å². The number of hydrogen-bond donors (Lipinski definition) is 1. The second-order valence-corrected chi connectivity index (χ2v) is 6.00. The van der Waals surface area contributed by atoms with Crippen molar-refractivity contribution in [2.75, 3.05) is 0 Å². The van der Waals surface area contributed by atoms with E-state index < -0.39 is 0 Å². The molecule has 0 spiro atoms. The van der Waals surface area contributed by atoms with Gasteiger partial charge < -0.3 is 5.32 Å². The van der Waals surface area contributed by atoms with Gasteiger partial charge >= 0.3 is 0 Å². The normalized spacial score (nSPS) is 11.4. The Kier molecular flexibility index (Phi) is 5.15. The van der Waals surface area contributed by atoms with Gasteiger partial charge in [-0.05, 0) is 42.9 Å². The Balaban J connectivity index is 2.84. The minimum atomic E-state index is -0.306. The van der Waals surface area contributed by atoms with Crippen LogP contribution in [0, 0.1) is 3.57 Å². The Bertz CT molecular complexity index is 514. The zero-order valence-electron chi connectivity index (χ0n) is 10.5. The van der Waals surface area contributed by atoms with Gasteiger partial charge in [-0.1, -0.05) is 18.5 Å².